The molecule has 1 rings (SSSR count). The lowest BCUT2D eigenvalue weighted by atomic mass is 10.7. The van der Waals surface area contributed by atoms with Crippen molar-refractivity contribution in [3.8, 4) is 0 Å². The highest BCUT2D eigenvalue weighted by Gasteiger charge is 2.40. The van der Waals surface area contributed by atoms with Crippen molar-refractivity contribution < 1.29 is 4.79 Å². The smallest absolute Gasteiger partial charge is 0.313 e. The van der Waals surface area contributed by atoms with Crippen LogP contribution in [0.3, 0.4) is 0 Å². The molecule has 0 radical (unpaired) electrons. The van der Waals surface area contributed by atoms with Gasteiger partial charge in [0, 0.05) is 0 Å². The first-order chi connectivity index (χ1) is 3.62. The van der Waals surface area contributed by atoms with Crippen molar-refractivity contribution in [3.63, 3.8) is 0 Å². The van der Waals surface area contributed by atoms with E-state index in [1.807, 2.05) is 0 Å². The Morgan fingerprint density at radius 2 is 2.25 bits per heavy atom. The summed E-state index contributed by atoms with van der Waals surface area (Å²) >= 11 is 2.19. The summed E-state index contributed by atoms with van der Waals surface area (Å²) in [6.45, 7) is 0. The second-order valence-corrected chi connectivity index (χ2v) is 4.02. The van der Waals surface area contributed by atoms with E-state index >= 15 is 0 Å². The number of hydrogen-bond donors (Lipinski definition) is 2. The Hall–Kier alpha value is 0. The van der Waals surface area contributed by atoms with Crippen molar-refractivity contribution in [2.45, 2.75) is 16.4 Å². The maximum absolute atomic E-state index is 10.2. The van der Waals surface area contributed by atoms with Gasteiger partial charge in [-0.2, -0.15) is 0 Å². The molecule has 0 aromatic rings. The number of carbonyl (C=O) groups is 1. The SMILES string of the molecule is NC(=O)NC1(I)CC1. The Balaban J connectivity index is 2.29. The van der Waals surface area contributed by atoms with Crippen LogP contribution >= 0.6 is 22.6 Å². The number of halogens is 1. The van der Waals surface area contributed by atoms with E-state index in [0.717, 1.165) is 12.8 Å². The van der Waals surface area contributed by atoms with Gasteiger partial charge in [0.1, 0.15) is 0 Å². The van der Waals surface area contributed by atoms with Crippen molar-refractivity contribution in [2.24, 2.45) is 5.73 Å². The maximum atomic E-state index is 10.2. The number of hydrogen-bond acceptors (Lipinski definition) is 1. The molecule has 0 aromatic carbocycles. The van der Waals surface area contributed by atoms with Gasteiger partial charge in [-0.05, 0) is 12.8 Å². The first kappa shape index (κ1) is 6.12. The number of primary amides is 1. The summed E-state index contributed by atoms with van der Waals surface area (Å²) in [4.78, 5) is 10.2. The van der Waals surface area contributed by atoms with Gasteiger partial charge in [-0.25, -0.2) is 4.79 Å². The van der Waals surface area contributed by atoms with Crippen LogP contribution in [0.25, 0.3) is 0 Å². The number of carbonyl (C=O) groups excluding carboxylic acids is 1. The zero-order valence-electron chi connectivity index (χ0n) is 4.28. The molecule has 0 aliphatic heterocycles. The van der Waals surface area contributed by atoms with Crippen LogP contribution in [0.2, 0.25) is 0 Å². The van der Waals surface area contributed by atoms with Gasteiger partial charge in [0.25, 0.3) is 0 Å². The predicted octanol–water partition coefficient (Wildman–Crippen LogP) is 0.580. The van der Waals surface area contributed by atoms with E-state index in [9.17, 15) is 4.79 Å². The standard InChI is InChI=1S/C4H7IN2O/c5-4(1-2-4)7-3(6)8/h1-2H2,(H3,6,7,8). The highest BCUT2D eigenvalue weighted by atomic mass is 127. The Labute approximate surface area is 61.1 Å². The van der Waals surface area contributed by atoms with Gasteiger partial charge in [-0.3, -0.25) is 0 Å². The van der Waals surface area contributed by atoms with Crippen LogP contribution in [0.4, 0.5) is 4.79 Å². The molecule has 3 nitrogen and oxygen atoms in total. The lowest BCUT2D eigenvalue weighted by Gasteiger charge is -2.04. The fourth-order valence-electron chi connectivity index (χ4n) is 0.456. The Morgan fingerprint density at radius 3 is 2.38 bits per heavy atom. The van der Waals surface area contributed by atoms with E-state index in [-0.39, 0.29) is 3.55 Å². The second kappa shape index (κ2) is 1.75. The van der Waals surface area contributed by atoms with Crippen molar-refractivity contribution in [3.05, 3.63) is 0 Å². The fraction of sp³-hybridized carbons (Fsp3) is 0.750. The average Bonchev–Trinajstić information content (AvgIpc) is 2.17. The lowest BCUT2D eigenvalue weighted by molar-refractivity contribution is 0.248. The number of amides is 2. The van der Waals surface area contributed by atoms with Gasteiger partial charge in [0.05, 0.1) is 3.55 Å². The highest BCUT2D eigenvalue weighted by molar-refractivity contribution is 14.1. The number of urea groups is 1. The van der Waals surface area contributed by atoms with Crippen LogP contribution in [-0.2, 0) is 0 Å². The van der Waals surface area contributed by atoms with E-state index < -0.39 is 6.03 Å². The summed E-state index contributed by atoms with van der Waals surface area (Å²) in [6.07, 6.45) is 2.10. The third-order valence-electron chi connectivity index (χ3n) is 1.04. The van der Waals surface area contributed by atoms with Gasteiger partial charge in [0.2, 0.25) is 0 Å². The van der Waals surface area contributed by atoms with Crippen molar-refractivity contribution in [1.29, 1.82) is 0 Å². The van der Waals surface area contributed by atoms with E-state index in [2.05, 4.69) is 27.9 Å². The average molecular weight is 226 g/mol. The molecule has 0 aromatic heterocycles. The van der Waals surface area contributed by atoms with Crippen molar-refractivity contribution in [2.75, 3.05) is 0 Å². The summed E-state index contributed by atoms with van der Waals surface area (Å²) in [5.74, 6) is 0. The normalized spacial score (nSPS) is 22.1. The molecule has 1 aliphatic rings. The highest BCUT2D eigenvalue weighted by Crippen LogP contribution is 2.41. The molecule has 4 heteroatoms. The molecule has 1 fully saturated rings. The summed E-state index contributed by atoms with van der Waals surface area (Å²) in [7, 11) is 0. The second-order valence-electron chi connectivity index (χ2n) is 1.95. The third kappa shape index (κ3) is 1.50. The van der Waals surface area contributed by atoms with Crippen LogP contribution in [0.15, 0.2) is 0 Å². The molecule has 0 saturated heterocycles. The Kier molecular flexibility index (Phi) is 1.34. The van der Waals surface area contributed by atoms with Crippen LogP contribution in [0.5, 0.6) is 0 Å². The maximum Gasteiger partial charge on any atom is 0.313 e. The number of nitrogens with one attached hydrogen (secondary N) is 1. The van der Waals surface area contributed by atoms with Gasteiger partial charge >= 0.3 is 6.03 Å². The molecule has 0 heterocycles. The molecule has 2 amide bonds. The number of rotatable bonds is 1. The van der Waals surface area contributed by atoms with E-state index in [4.69, 9.17) is 5.73 Å². The minimum atomic E-state index is -0.420. The van der Waals surface area contributed by atoms with Gasteiger partial charge < -0.3 is 11.1 Å². The molecule has 1 saturated carbocycles. The van der Waals surface area contributed by atoms with Crippen LogP contribution < -0.4 is 11.1 Å². The van der Waals surface area contributed by atoms with Gasteiger partial charge in [-0.15, -0.1) is 0 Å². The van der Waals surface area contributed by atoms with Crippen molar-refractivity contribution >= 4 is 28.6 Å². The first-order valence-electron chi connectivity index (χ1n) is 2.39. The van der Waals surface area contributed by atoms with E-state index in [1.165, 1.54) is 0 Å². The first-order valence-corrected chi connectivity index (χ1v) is 3.47. The van der Waals surface area contributed by atoms with Gasteiger partial charge in [0.15, 0.2) is 0 Å². The molecule has 46 valence electrons. The summed E-state index contributed by atoms with van der Waals surface area (Å²) in [5.41, 5.74) is 4.86. The third-order valence-corrected chi connectivity index (χ3v) is 2.38. The molecular formula is C4H7IN2O. The quantitative estimate of drug-likeness (QED) is 0.383. The number of nitrogens with two attached hydrogens (primary N) is 1. The van der Waals surface area contributed by atoms with Crippen molar-refractivity contribution in [1.82, 2.24) is 5.32 Å². The minimum Gasteiger partial charge on any atom is -0.352 e. The lowest BCUT2D eigenvalue weighted by Crippen LogP contribution is -2.36. The molecule has 3 N–H and O–H groups in total. The molecule has 1 aliphatic carbocycles. The Morgan fingerprint density at radius 1 is 1.75 bits per heavy atom. The monoisotopic (exact) mass is 226 g/mol. The number of alkyl halides is 1. The van der Waals surface area contributed by atoms with E-state index in [1.54, 1.807) is 0 Å². The molecule has 0 bridgehead atoms. The fourth-order valence-corrected chi connectivity index (χ4v) is 0.991. The van der Waals surface area contributed by atoms with Crippen LogP contribution in [-0.4, -0.2) is 9.58 Å². The summed E-state index contributed by atoms with van der Waals surface area (Å²) < 4.78 is 0.0175. The topological polar surface area (TPSA) is 55.1 Å². The molecule has 8 heavy (non-hydrogen) atoms. The van der Waals surface area contributed by atoms with Crippen LogP contribution in [0.1, 0.15) is 12.8 Å². The van der Waals surface area contributed by atoms with Gasteiger partial charge in [-0.1, -0.05) is 22.6 Å². The largest absolute Gasteiger partial charge is 0.352 e. The zero-order valence-corrected chi connectivity index (χ0v) is 6.44. The molecule has 0 atom stereocenters. The Bertz CT molecular complexity index is 121. The van der Waals surface area contributed by atoms with Crippen LogP contribution in [0, 0.1) is 0 Å². The minimum absolute atomic E-state index is 0.0175. The molecule has 0 unspecified atom stereocenters. The predicted molar refractivity (Wildman–Crippen MR) is 38.7 cm³/mol. The summed E-state index contributed by atoms with van der Waals surface area (Å²) in [5, 5.41) is 2.62. The van der Waals surface area contributed by atoms with E-state index in [0.29, 0.717) is 0 Å². The summed E-state index contributed by atoms with van der Waals surface area (Å²) in [6, 6.07) is -0.420. The molecule has 0 spiro atoms. The molecular weight excluding hydrogens is 219 g/mol. The zero-order chi connectivity index (χ0) is 6.20.